The molecule has 1 aliphatic carbocycles. The number of rotatable bonds is 6. The molecule has 1 aliphatic heterocycles. The van der Waals surface area contributed by atoms with Gasteiger partial charge in [-0.15, -0.1) is 0 Å². The Morgan fingerprint density at radius 1 is 1.07 bits per heavy atom. The van der Waals surface area contributed by atoms with Crippen LogP contribution >= 0.6 is 0 Å². The van der Waals surface area contributed by atoms with Crippen molar-refractivity contribution in [3.05, 3.63) is 59.2 Å². The second-order valence-electron chi connectivity index (χ2n) is 7.72. The monoisotopic (exact) mass is 378 g/mol. The van der Waals surface area contributed by atoms with E-state index in [4.69, 9.17) is 10.5 Å². The van der Waals surface area contributed by atoms with E-state index in [2.05, 4.69) is 45.5 Å². The van der Waals surface area contributed by atoms with Gasteiger partial charge in [0.15, 0.2) is 5.96 Å². The molecule has 2 aliphatic rings. The first-order valence-electron chi connectivity index (χ1n) is 10.3. The SMILES string of the molecule is COc1ccc(C(CN=C(N)Nc2ccc3c(c2)CCC3)N2CCCC2)cc1. The molecule has 0 spiro atoms. The van der Waals surface area contributed by atoms with E-state index in [1.165, 1.54) is 42.4 Å². The maximum atomic E-state index is 6.22. The quantitative estimate of drug-likeness (QED) is 0.594. The summed E-state index contributed by atoms with van der Waals surface area (Å²) in [6.45, 7) is 2.88. The van der Waals surface area contributed by atoms with Gasteiger partial charge in [0.05, 0.1) is 19.7 Å². The summed E-state index contributed by atoms with van der Waals surface area (Å²) < 4.78 is 5.30. The van der Waals surface area contributed by atoms with E-state index >= 15 is 0 Å². The summed E-state index contributed by atoms with van der Waals surface area (Å²) in [5, 5.41) is 3.28. The second kappa shape index (κ2) is 8.65. The third-order valence-electron chi connectivity index (χ3n) is 5.89. The number of benzene rings is 2. The summed E-state index contributed by atoms with van der Waals surface area (Å²) in [6, 6.07) is 15.1. The van der Waals surface area contributed by atoms with Crippen molar-refractivity contribution in [2.24, 2.45) is 10.7 Å². The van der Waals surface area contributed by atoms with E-state index in [1.54, 1.807) is 7.11 Å². The summed E-state index contributed by atoms with van der Waals surface area (Å²) in [5.74, 6) is 1.36. The zero-order valence-corrected chi connectivity index (χ0v) is 16.7. The molecule has 1 atom stereocenters. The topological polar surface area (TPSA) is 62.9 Å². The first kappa shape index (κ1) is 18.8. The fourth-order valence-corrected chi connectivity index (χ4v) is 4.33. The van der Waals surface area contributed by atoms with Crippen molar-refractivity contribution in [2.45, 2.75) is 38.1 Å². The average molecular weight is 379 g/mol. The fraction of sp³-hybridized carbons (Fsp3) is 0.435. The summed E-state index contributed by atoms with van der Waals surface area (Å²) in [7, 11) is 1.70. The maximum absolute atomic E-state index is 6.22. The Bertz CT molecular complexity index is 825. The molecule has 4 rings (SSSR count). The van der Waals surface area contributed by atoms with E-state index < -0.39 is 0 Å². The molecule has 1 unspecified atom stereocenters. The van der Waals surface area contributed by atoms with Crippen LogP contribution in [-0.2, 0) is 12.8 Å². The number of aliphatic imine (C=N–C) groups is 1. The number of methoxy groups -OCH3 is 1. The molecule has 148 valence electrons. The lowest BCUT2D eigenvalue weighted by atomic mass is 10.1. The van der Waals surface area contributed by atoms with Gasteiger partial charge in [0.1, 0.15) is 5.75 Å². The summed E-state index contributed by atoms with van der Waals surface area (Å²) >= 11 is 0. The average Bonchev–Trinajstić information content (AvgIpc) is 3.40. The molecular weight excluding hydrogens is 348 g/mol. The minimum absolute atomic E-state index is 0.244. The van der Waals surface area contributed by atoms with Crippen LogP contribution in [-0.4, -0.2) is 37.6 Å². The number of ether oxygens (including phenoxy) is 1. The number of anilines is 1. The van der Waals surface area contributed by atoms with Crippen LogP contribution in [0.2, 0.25) is 0 Å². The van der Waals surface area contributed by atoms with Gasteiger partial charge in [0.2, 0.25) is 0 Å². The van der Waals surface area contributed by atoms with Gasteiger partial charge in [0, 0.05) is 5.69 Å². The van der Waals surface area contributed by atoms with Crippen LogP contribution in [0.1, 0.15) is 42.0 Å². The van der Waals surface area contributed by atoms with E-state index in [-0.39, 0.29) is 6.04 Å². The zero-order valence-electron chi connectivity index (χ0n) is 16.7. The van der Waals surface area contributed by atoms with Crippen LogP contribution in [0.4, 0.5) is 5.69 Å². The standard InChI is InChI=1S/C23H30N4O/c1-28-21-11-8-18(9-12-21)22(27-13-2-3-14-27)16-25-23(24)26-20-10-7-17-5-4-6-19(17)15-20/h7-12,15,22H,2-6,13-14,16H2,1H3,(H3,24,25,26). The largest absolute Gasteiger partial charge is 0.497 e. The van der Waals surface area contributed by atoms with Gasteiger partial charge < -0.3 is 15.8 Å². The number of hydrogen-bond donors (Lipinski definition) is 2. The number of hydrogen-bond acceptors (Lipinski definition) is 3. The Balaban J connectivity index is 1.46. The van der Waals surface area contributed by atoms with Crippen molar-refractivity contribution in [3.8, 4) is 5.75 Å². The highest BCUT2D eigenvalue weighted by Crippen LogP contribution is 2.27. The first-order valence-corrected chi connectivity index (χ1v) is 10.3. The first-order chi connectivity index (χ1) is 13.7. The number of fused-ring (bicyclic) bond motifs is 1. The Morgan fingerprint density at radius 2 is 1.82 bits per heavy atom. The number of aryl methyl sites for hydroxylation is 2. The van der Waals surface area contributed by atoms with Crippen LogP contribution in [0.15, 0.2) is 47.5 Å². The Morgan fingerprint density at radius 3 is 2.57 bits per heavy atom. The maximum Gasteiger partial charge on any atom is 0.193 e. The molecule has 3 N–H and O–H groups in total. The van der Waals surface area contributed by atoms with Gasteiger partial charge in [-0.2, -0.15) is 0 Å². The van der Waals surface area contributed by atoms with E-state index in [0.717, 1.165) is 30.9 Å². The van der Waals surface area contributed by atoms with Gasteiger partial charge in [-0.3, -0.25) is 9.89 Å². The fourth-order valence-electron chi connectivity index (χ4n) is 4.33. The Hall–Kier alpha value is -2.53. The Kier molecular flexibility index (Phi) is 5.81. The molecule has 5 nitrogen and oxygen atoms in total. The molecule has 0 amide bonds. The van der Waals surface area contributed by atoms with Crippen molar-refractivity contribution in [2.75, 3.05) is 32.1 Å². The Labute approximate surface area is 167 Å². The molecule has 5 heteroatoms. The van der Waals surface area contributed by atoms with Crippen LogP contribution in [0, 0.1) is 0 Å². The van der Waals surface area contributed by atoms with Gasteiger partial charge in [-0.1, -0.05) is 18.2 Å². The number of nitrogens with one attached hydrogen (secondary N) is 1. The molecule has 1 heterocycles. The lowest BCUT2D eigenvalue weighted by Crippen LogP contribution is -2.30. The molecule has 0 aromatic heterocycles. The van der Waals surface area contributed by atoms with E-state index in [0.29, 0.717) is 12.5 Å². The van der Waals surface area contributed by atoms with Crippen molar-refractivity contribution in [3.63, 3.8) is 0 Å². The van der Waals surface area contributed by atoms with Crippen molar-refractivity contribution < 1.29 is 4.74 Å². The van der Waals surface area contributed by atoms with Crippen molar-refractivity contribution in [1.29, 1.82) is 0 Å². The predicted molar refractivity (Wildman–Crippen MR) is 115 cm³/mol. The van der Waals surface area contributed by atoms with Gasteiger partial charge in [-0.05, 0) is 86.1 Å². The van der Waals surface area contributed by atoms with E-state index in [1.807, 2.05) is 12.1 Å². The zero-order chi connectivity index (χ0) is 19.3. The predicted octanol–water partition coefficient (Wildman–Crippen LogP) is 3.75. The lowest BCUT2D eigenvalue weighted by Gasteiger charge is -2.27. The number of guanidine groups is 1. The van der Waals surface area contributed by atoms with Crippen molar-refractivity contribution in [1.82, 2.24) is 4.90 Å². The summed E-state index contributed by atoms with van der Waals surface area (Å²) in [6.07, 6.45) is 6.11. The minimum Gasteiger partial charge on any atom is -0.497 e. The van der Waals surface area contributed by atoms with Crippen LogP contribution in [0.5, 0.6) is 5.75 Å². The molecule has 0 radical (unpaired) electrons. The van der Waals surface area contributed by atoms with Gasteiger partial charge in [-0.25, -0.2) is 0 Å². The third-order valence-corrected chi connectivity index (χ3v) is 5.89. The summed E-state index contributed by atoms with van der Waals surface area (Å²) in [4.78, 5) is 7.20. The highest BCUT2D eigenvalue weighted by molar-refractivity contribution is 5.92. The van der Waals surface area contributed by atoms with Gasteiger partial charge >= 0.3 is 0 Å². The number of nitrogens with two attached hydrogens (primary N) is 1. The van der Waals surface area contributed by atoms with Crippen LogP contribution < -0.4 is 15.8 Å². The van der Waals surface area contributed by atoms with E-state index in [9.17, 15) is 0 Å². The molecule has 2 aromatic carbocycles. The molecule has 0 saturated carbocycles. The minimum atomic E-state index is 0.244. The third kappa shape index (κ3) is 4.30. The number of likely N-dealkylation sites (tertiary alicyclic amines) is 1. The van der Waals surface area contributed by atoms with Crippen molar-refractivity contribution >= 4 is 11.6 Å². The normalized spacial score (nSPS) is 18.1. The lowest BCUT2D eigenvalue weighted by molar-refractivity contribution is 0.251. The molecule has 2 aromatic rings. The smallest absolute Gasteiger partial charge is 0.193 e. The molecule has 28 heavy (non-hydrogen) atoms. The number of nitrogens with zero attached hydrogens (tertiary/aromatic N) is 2. The van der Waals surface area contributed by atoms with Crippen LogP contribution in [0.3, 0.4) is 0 Å². The molecule has 0 bridgehead atoms. The molecule has 1 saturated heterocycles. The molecular formula is C23H30N4O. The highest BCUT2D eigenvalue weighted by Gasteiger charge is 2.23. The highest BCUT2D eigenvalue weighted by atomic mass is 16.5. The van der Waals surface area contributed by atoms with Crippen LogP contribution in [0.25, 0.3) is 0 Å². The summed E-state index contributed by atoms with van der Waals surface area (Å²) in [5.41, 5.74) is 11.4. The second-order valence-corrected chi connectivity index (χ2v) is 7.72. The molecule has 1 fully saturated rings. The van der Waals surface area contributed by atoms with Gasteiger partial charge in [0.25, 0.3) is 0 Å².